The van der Waals surface area contributed by atoms with Gasteiger partial charge in [0, 0.05) is 6.20 Å². The third-order valence-corrected chi connectivity index (χ3v) is 3.24. The van der Waals surface area contributed by atoms with Crippen LogP contribution in [0.1, 0.15) is 27.2 Å². The van der Waals surface area contributed by atoms with Crippen molar-refractivity contribution in [3.63, 3.8) is 0 Å². The molecule has 6 heteroatoms. The first-order valence-electron chi connectivity index (χ1n) is 6.11. The van der Waals surface area contributed by atoms with Gasteiger partial charge in [-0.3, -0.25) is 4.79 Å². The summed E-state index contributed by atoms with van der Waals surface area (Å²) in [6.45, 7) is 3.79. The van der Waals surface area contributed by atoms with Crippen molar-refractivity contribution in [3.8, 4) is 0 Å². The van der Waals surface area contributed by atoms with Crippen LogP contribution in [0.3, 0.4) is 0 Å². The highest BCUT2D eigenvalue weighted by Gasteiger charge is 2.21. The molecule has 0 N–H and O–H groups in total. The largest absolute Gasteiger partial charge is 0.469 e. The van der Waals surface area contributed by atoms with Gasteiger partial charge in [0.05, 0.1) is 37.4 Å². The van der Waals surface area contributed by atoms with Crippen LogP contribution < -0.4 is 0 Å². The molecule has 2 aromatic rings. The first kappa shape index (κ1) is 14.0. The monoisotopic (exact) mass is 276 g/mol. The average molecular weight is 276 g/mol. The Balaban J connectivity index is 2.66. The molecule has 0 amide bonds. The molecule has 106 valence electrons. The van der Waals surface area contributed by atoms with Crippen molar-refractivity contribution in [1.29, 1.82) is 0 Å². The number of hydrogen-bond donors (Lipinski definition) is 0. The van der Waals surface area contributed by atoms with Gasteiger partial charge in [0.15, 0.2) is 0 Å². The Morgan fingerprint density at radius 3 is 2.55 bits per heavy atom. The van der Waals surface area contributed by atoms with Crippen LogP contribution in [0.5, 0.6) is 0 Å². The van der Waals surface area contributed by atoms with Crippen molar-refractivity contribution < 1.29 is 19.1 Å². The van der Waals surface area contributed by atoms with Gasteiger partial charge in [0.25, 0.3) is 0 Å². The molecule has 0 aliphatic heterocycles. The first-order chi connectivity index (χ1) is 9.47. The van der Waals surface area contributed by atoms with Gasteiger partial charge in [-0.05, 0) is 31.0 Å². The summed E-state index contributed by atoms with van der Waals surface area (Å²) in [7, 11) is 2.62. The van der Waals surface area contributed by atoms with E-state index in [2.05, 4.69) is 9.84 Å². The number of nitrogens with zero attached hydrogens (tertiary/aromatic N) is 2. The molecule has 0 atom stereocenters. The van der Waals surface area contributed by atoms with E-state index in [4.69, 9.17) is 4.74 Å². The molecule has 6 nitrogen and oxygen atoms in total. The van der Waals surface area contributed by atoms with E-state index in [0.717, 1.165) is 11.3 Å². The number of aromatic nitrogens is 2. The van der Waals surface area contributed by atoms with E-state index in [1.807, 2.05) is 19.9 Å². The fraction of sp³-hybridized carbons (Fsp3) is 0.357. The van der Waals surface area contributed by atoms with Crippen molar-refractivity contribution in [2.24, 2.45) is 0 Å². The summed E-state index contributed by atoms with van der Waals surface area (Å²) in [5.41, 5.74) is 3.34. The van der Waals surface area contributed by atoms with E-state index in [-0.39, 0.29) is 6.42 Å². The number of aryl methyl sites for hydroxylation is 2. The van der Waals surface area contributed by atoms with E-state index < -0.39 is 11.9 Å². The van der Waals surface area contributed by atoms with Crippen molar-refractivity contribution in [3.05, 3.63) is 34.6 Å². The first-order valence-corrected chi connectivity index (χ1v) is 6.11. The zero-order valence-electron chi connectivity index (χ0n) is 11.9. The fourth-order valence-corrected chi connectivity index (χ4v) is 2.03. The molecule has 0 aliphatic carbocycles. The van der Waals surface area contributed by atoms with Crippen LogP contribution in [0.25, 0.3) is 5.52 Å². The second-order valence-corrected chi connectivity index (χ2v) is 4.52. The lowest BCUT2D eigenvalue weighted by atomic mass is 10.1. The van der Waals surface area contributed by atoms with Gasteiger partial charge in [0.1, 0.15) is 0 Å². The molecule has 0 aliphatic rings. The standard InChI is InChI=1S/C14H16N2O4/c1-8-5-11-13(14(18)20-4)10(6-12(17)19-3)7-16(11)15-9(8)2/h5,7H,6H2,1-4H3. The number of methoxy groups -OCH3 is 2. The molecule has 0 radical (unpaired) electrons. The predicted octanol–water partition coefficient (Wildman–Crippen LogP) is 1.45. The van der Waals surface area contributed by atoms with Crippen LogP contribution in [0, 0.1) is 13.8 Å². The average Bonchev–Trinajstić information content (AvgIpc) is 2.75. The Labute approximate surface area is 116 Å². The van der Waals surface area contributed by atoms with Crippen molar-refractivity contribution >= 4 is 17.5 Å². The minimum Gasteiger partial charge on any atom is -0.469 e. The lowest BCUT2D eigenvalue weighted by Gasteiger charge is -2.03. The molecule has 0 spiro atoms. The Kier molecular flexibility index (Phi) is 3.74. The van der Waals surface area contributed by atoms with Gasteiger partial charge in [0.2, 0.25) is 0 Å². The second-order valence-electron chi connectivity index (χ2n) is 4.52. The van der Waals surface area contributed by atoms with Crippen molar-refractivity contribution in [1.82, 2.24) is 9.61 Å². The molecule has 0 aromatic carbocycles. The van der Waals surface area contributed by atoms with Gasteiger partial charge < -0.3 is 9.47 Å². The van der Waals surface area contributed by atoms with Crippen molar-refractivity contribution in [2.45, 2.75) is 20.3 Å². The van der Waals surface area contributed by atoms with E-state index in [1.165, 1.54) is 14.2 Å². The second kappa shape index (κ2) is 5.32. The van der Waals surface area contributed by atoms with E-state index in [1.54, 1.807) is 10.7 Å². The topological polar surface area (TPSA) is 69.9 Å². The van der Waals surface area contributed by atoms with Crippen LogP contribution in [0.15, 0.2) is 12.3 Å². The Hall–Kier alpha value is -2.37. The van der Waals surface area contributed by atoms with Crippen LogP contribution >= 0.6 is 0 Å². The Bertz CT molecular complexity index is 688. The number of carbonyl (C=O) groups excluding carboxylic acids is 2. The predicted molar refractivity (Wildman–Crippen MR) is 71.7 cm³/mol. The highest BCUT2D eigenvalue weighted by Crippen LogP contribution is 2.22. The molecule has 0 unspecified atom stereocenters. The minimum atomic E-state index is -0.489. The molecular formula is C14H16N2O4. The van der Waals surface area contributed by atoms with Crippen LogP contribution in [0.2, 0.25) is 0 Å². The number of rotatable bonds is 3. The zero-order chi connectivity index (χ0) is 14.9. The molecular weight excluding hydrogens is 260 g/mol. The quantitative estimate of drug-likeness (QED) is 0.794. The van der Waals surface area contributed by atoms with Gasteiger partial charge in [-0.1, -0.05) is 0 Å². The van der Waals surface area contributed by atoms with Gasteiger partial charge in [-0.25, -0.2) is 9.31 Å². The maximum atomic E-state index is 12.0. The number of esters is 2. The molecule has 0 bridgehead atoms. The highest BCUT2D eigenvalue weighted by atomic mass is 16.5. The van der Waals surface area contributed by atoms with Gasteiger partial charge >= 0.3 is 11.9 Å². The van der Waals surface area contributed by atoms with Gasteiger partial charge in [-0.15, -0.1) is 0 Å². The summed E-state index contributed by atoms with van der Waals surface area (Å²) in [4.78, 5) is 23.4. The molecule has 2 rings (SSSR count). The molecule has 2 heterocycles. The lowest BCUT2D eigenvalue weighted by Crippen LogP contribution is -2.09. The maximum absolute atomic E-state index is 12.0. The summed E-state index contributed by atoms with van der Waals surface area (Å²) in [6.07, 6.45) is 1.66. The molecule has 0 fully saturated rings. The maximum Gasteiger partial charge on any atom is 0.340 e. The summed E-state index contributed by atoms with van der Waals surface area (Å²) in [5, 5.41) is 4.36. The number of hydrogen-bond acceptors (Lipinski definition) is 5. The van der Waals surface area contributed by atoms with Crippen LogP contribution in [0.4, 0.5) is 0 Å². The Morgan fingerprint density at radius 1 is 1.25 bits per heavy atom. The van der Waals surface area contributed by atoms with E-state index in [0.29, 0.717) is 16.6 Å². The number of fused-ring (bicyclic) bond motifs is 1. The molecule has 2 aromatic heterocycles. The summed E-state index contributed by atoms with van der Waals surface area (Å²) < 4.78 is 11.0. The minimum absolute atomic E-state index is 0.00237. The Morgan fingerprint density at radius 2 is 1.95 bits per heavy atom. The number of carbonyl (C=O) groups is 2. The lowest BCUT2D eigenvalue weighted by molar-refractivity contribution is -0.139. The van der Waals surface area contributed by atoms with Crippen molar-refractivity contribution in [2.75, 3.05) is 14.2 Å². The van der Waals surface area contributed by atoms with E-state index in [9.17, 15) is 9.59 Å². The van der Waals surface area contributed by atoms with Gasteiger partial charge in [-0.2, -0.15) is 5.10 Å². The molecule has 0 saturated carbocycles. The molecule has 20 heavy (non-hydrogen) atoms. The third-order valence-electron chi connectivity index (χ3n) is 3.24. The van der Waals surface area contributed by atoms with Crippen LogP contribution in [-0.4, -0.2) is 35.8 Å². The third kappa shape index (κ3) is 2.36. The summed E-state index contributed by atoms with van der Waals surface area (Å²) >= 11 is 0. The van der Waals surface area contributed by atoms with Crippen LogP contribution in [-0.2, 0) is 20.7 Å². The summed E-state index contributed by atoms with van der Waals surface area (Å²) in [5.74, 6) is -0.907. The summed E-state index contributed by atoms with van der Waals surface area (Å²) in [6, 6.07) is 1.86. The highest BCUT2D eigenvalue weighted by molar-refractivity contribution is 6.00. The normalized spacial score (nSPS) is 10.6. The zero-order valence-corrected chi connectivity index (χ0v) is 11.9. The number of ether oxygens (including phenoxy) is 2. The fourth-order valence-electron chi connectivity index (χ4n) is 2.03. The molecule has 0 saturated heterocycles. The SMILES string of the molecule is COC(=O)Cc1cn2nc(C)c(C)cc2c1C(=O)OC. The van der Waals surface area contributed by atoms with E-state index >= 15 is 0 Å². The smallest absolute Gasteiger partial charge is 0.340 e.